The van der Waals surface area contributed by atoms with Gasteiger partial charge in [-0.1, -0.05) is 29.8 Å². The van der Waals surface area contributed by atoms with E-state index in [-0.39, 0.29) is 12.5 Å². The number of nitrogens with one attached hydrogen (secondary N) is 2. The van der Waals surface area contributed by atoms with Gasteiger partial charge in [-0.05, 0) is 18.6 Å². The van der Waals surface area contributed by atoms with Gasteiger partial charge in [0.25, 0.3) is 5.91 Å². The Kier molecular flexibility index (Phi) is 6.67. The third-order valence-corrected chi connectivity index (χ3v) is 2.56. The van der Waals surface area contributed by atoms with Crippen LogP contribution in [0.4, 0.5) is 0 Å². The number of carbonyl (C=O) groups is 3. The van der Waals surface area contributed by atoms with E-state index < -0.39 is 18.5 Å². The largest absolute Gasteiger partial charge is 0.452 e. The van der Waals surface area contributed by atoms with Crippen LogP contribution < -0.4 is 10.6 Å². The molecule has 0 aromatic heterocycles. The summed E-state index contributed by atoms with van der Waals surface area (Å²) in [4.78, 5) is 33.6. The van der Waals surface area contributed by atoms with E-state index in [2.05, 4.69) is 10.6 Å². The molecule has 2 amide bonds. The molecule has 21 heavy (non-hydrogen) atoms. The predicted octanol–water partition coefficient (Wildman–Crippen LogP) is 0.414. The molecule has 1 aromatic rings. The lowest BCUT2D eigenvalue weighted by Gasteiger charge is -2.04. The van der Waals surface area contributed by atoms with Crippen molar-refractivity contribution in [2.24, 2.45) is 0 Å². The van der Waals surface area contributed by atoms with Gasteiger partial charge in [0, 0.05) is 13.1 Å². The summed E-state index contributed by atoms with van der Waals surface area (Å²) in [7, 11) is 1.46. The van der Waals surface area contributed by atoms with Crippen molar-refractivity contribution in [1.82, 2.24) is 10.6 Å². The van der Waals surface area contributed by atoms with Crippen LogP contribution in [0.25, 0.3) is 6.08 Å². The summed E-state index contributed by atoms with van der Waals surface area (Å²) in [6, 6.07) is 7.60. The van der Waals surface area contributed by atoms with Crippen LogP contribution in [0.1, 0.15) is 11.1 Å². The zero-order valence-electron chi connectivity index (χ0n) is 12.0. The van der Waals surface area contributed by atoms with E-state index in [1.165, 1.54) is 13.1 Å². The summed E-state index contributed by atoms with van der Waals surface area (Å²) in [6.45, 7) is 1.40. The maximum Gasteiger partial charge on any atom is 0.331 e. The third-order valence-electron chi connectivity index (χ3n) is 2.56. The number of esters is 1. The Morgan fingerprint density at radius 2 is 1.81 bits per heavy atom. The number of benzene rings is 1. The lowest BCUT2D eigenvalue weighted by molar-refractivity contribution is -0.143. The number of ether oxygens (including phenoxy) is 1. The molecule has 0 radical (unpaired) electrons. The van der Waals surface area contributed by atoms with Gasteiger partial charge < -0.3 is 15.4 Å². The number of hydrogen-bond acceptors (Lipinski definition) is 4. The van der Waals surface area contributed by atoms with E-state index in [9.17, 15) is 14.4 Å². The van der Waals surface area contributed by atoms with Gasteiger partial charge in [-0.15, -0.1) is 0 Å². The molecule has 0 spiro atoms. The Morgan fingerprint density at radius 3 is 2.43 bits per heavy atom. The molecule has 0 bridgehead atoms. The van der Waals surface area contributed by atoms with Crippen molar-refractivity contribution in [3.63, 3.8) is 0 Å². The van der Waals surface area contributed by atoms with Gasteiger partial charge in [0.15, 0.2) is 6.61 Å². The Bertz CT molecular complexity index is 535. The van der Waals surface area contributed by atoms with Crippen molar-refractivity contribution in [2.45, 2.75) is 6.92 Å². The highest BCUT2D eigenvalue weighted by Crippen LogP contribution is 2.04. The molecule has 6 nitrogen and oxygen atoms in total. The molecule has 0 fully saturated rings. The fourth-order valence-corrected chi connectivity index (χ4v) is 1.34. The van der Waals surface area contributed by atoms with Crippen molar-refractivity contribution in [2.75, 3.05) is 20.2 Å². The topological polar surface area (TPSA) is 84.5 Å². The summed E-state index contributed by atoms with van der Waals surface area (Å²) in [5.74, 6) is -1.48. The molecule has 0 saturated carbocycles. The molecule has 6 heteroatoms. The molecule has 0 unspecified atom stereocenters. The highest BCUT2D eigenvalue weighted by molar-refractivity contribution is 5.90. The molecule has 0 saturated heterocycles. The third kappa shape index (κ3) is 6.91. The van der Waals surface area contributed by atoms with Gasteiger partial charge in [0.05, 0.1) is 6.54 Å². The minimum absolute atomic E-state index is 0.147. The van der Waals surface area contributed by atoms with Crippen molar-refractivity contribution in [3.8, 4) is 0 Å². The van der Waals surface area contributed by atoms with Crippen LogP contribution >= 0.6 is 0 Å². The molecule has 0 atom stereocenters. The van der Waals surface area contributed by atoms with Gasteiger partial charge in [-0.3, -0.25) is 9.59 Å². The van der Waals surface area contributed by atoms with E-state index in [1.807, 2.05) is 31.2 Å². The van der Waals surface area contributed by atoms with Crippen molar-refractivity contribution < 1.29 is 19.1 Å². The zero-order valence-corrected chi connectivity index (χ0v) is 12.0. The molecule has 0 heterocycles. The Labute approximate surface area is 123 Å². The normalized spacial score (nSPS) is 10.2. The number of amides is 2. The Hall–Kier alpha value is -2.63. The van der Waals surface area contributed by atoms with Crippen LogP contribution in [0.5, 0.6) is 0 Å². The van der Waals surface area contributed by atoms with Gasteiger partial charge in [0.2, 0.25) is 5.91 Å². The first-order valence-corrected chi connectivity index (χ1v) is 6.40. The monoisotopic (exact) mass is 290 g/mol. The molecule has 0 aliphatic carbocycles. The predicted molar refractivity (Wildman–Crippen MR) is 78.2 cm³/mol. The van der Waals surface area contributed by atoms with Gasteiger partial charge in [-0.25, -0.2) is 4.79 Å². The lowest BCUT2D eigenvalue weighted by Crippen LogP contribution is -2.37. The van der Waals surface area contributed by atoms with Crippen molar-refractivity contribution in [1.29, 1.82) is 0 Å². The smallest absolute Gasteiger partial charge is 0.331 e. The number of likely N-dealkylation sites (N-methyl/N-ethyl adjacent to an activating group) is 1. The van der Waals surface area contributed by atoms with Gasteiger partial charge in [0.1, 0.15) is 0 Å². The molecule has 1 rings (SSSR count). The average Bonchev–Trinajstić information content (AvgIpc) is 2.49. The van der Waals surface area contributed by atoms with E-state index in [4.69, 9.17) is 4.74 Å². The maximum absolute atomic E-state index is 11.4. The Morgan fingerprint density at radius 1 is 1.14 bits per heavy atom. The summed E-state index contributed by atoms with van der Waals surface area (Å²) in [5, 5.41) is 4.67. The molecule has 112 valence electrons. The van der Waals surface area contributed by atoms with Crippen molar-refractivity contribution >= 4 is 23.9 Å². The van der Waals surface area contributed by atoms with Crippen LogP contribution in [-0.4, -0.2) is 38.0 Å². The number of hydrogen-bond donors (Lipinski definition) is 2. The molecule has 0 aliphatic heterocycles. The zero-order chi connectivity index (χ0) is 15.7. The maximum atomic E-state index is 11.4. The Balaban J connectivity index is 2.32. The van der Waals surface area contributed by atoms with Crippen LogP contribution in [0.2, 0.25) is 0 Å². The minimum atomic E-state index is -0.620. The van der Waals surface area contributed by atoms with E-state index in [0.717, 1.165) is 11.1 Å². The highest BCUT2D eigenvalue weighted by Gasteiger charge is 2.06. The summed E-state index contributed by atoms with van der Waals surface area (Å²) in [6.07, 6.45) is 2.85. The fraction of sp³-hybridized carbons (Fsp3) is 0.267. The second-order valence-corrected chi connectivity index (χ2v) is 4.30. The van der Waals surface area contributed by atoms with Gasteiger partial charge in [-0.2, -0.15) is 0 Å². The van der Waals surface area contributed by atoms with E-state index in [0.29, 0.717) is 0 Å². The molecular formula is C15H18N2O4. The molecular weight excluding hydrogens is 272 g/mol. The molecule has 0 aliphatic rings. The molecule has 2 N–H and O–H groups in total. The fourth-order valence-electron chi connectivity index (χ4n) is 1.34. The quantitative estimate of drug-likeness (QED) is 0.587. The van der Waals surface area contributed by atoms with Crippen LogP contribution in [0.3, 0.4) is 0 Å². The lowest BCUT2D eigenvalue weighted by atomic mass is 10.1. The van der Waals surface area contributed by atoms with Crippen LogP contribution in [0.15, 0.2) is 30.3 Å². The minimum Gasteiger partial charge on any atom is -0.452 e. The highest BCUT2D eigenvalue weighted by atomic mass is 16.5. The SMILES string of the molecule is CNC(=O)CNC(=O)COC(=O)/C=C/c1ccc(C)cc1. The van der Waals surface area contributed by atoms with E-state index >= 15 is 0 Å². The van der Waals surface area contributed by atoms with Crippen LogP contribution in [-0.2, 0) is 19.1 Å². The van der Waals surface area contributed by atoms with Gasteiger partial charge >= 0.3 is 5.97 Å². The number of aryl methyl sites for hydroxylation is 1. The van der Waals surface area contributed by atoms with E-state index in [1.54, 1.807) is 6.08 Å². The standard InChI is InChI=1S/C15H18N2O4/c1-11-3-5-12(6-4-11)7-8-15(20)21-10-14(19)17-9-13(18)16-2/h3-8H,9-10H2,1-2H3,(H,16,18)(H,17,19)/b8-7+. The number of carbonyl (C=O) groups excluding carboxylic acids is 3. The second-order valence-electron chi connectivity index (χ2n) is 4.30. The van der Waals surface area contributed by atoms with Crippen molar-refractivity contribution in [3.05, 3.63) is 41.5 Å². The first-order chi connectivity index (χ1) is 10.0. The average molecular weight is 290 g/mol. The summed E-state index contributed by atoms with van der Waals surface area (Å²) >= 11 is 0. The first-order valence-electron chi connectivity index (χ1n) is 6.40. The summed E-state index contributed by atoms with van der Waals surface area (Å²) in [5.41, 5.74) is 1.99. The molecule has 1 aromatic carbocycles. The van der Waals surface area contributed by atoms with Crippen LogP contribution in [0, 0.1) is 6.92 Å². The summed E-state index contributed by atoms with van der Waals surface area (Å²) < 4.78 is 4.75. The first kappa shape index (κ1) is 16.4. The second kappa shape index (κ2) is 8.52. The number of rotatable bonds is 6.